The molecule has 1 aromatic rings. The van der Waals surface area contributed by atoms with Crippen LogP contribution in [0.15, 0.2) is 30.9 Å². The normalized spacial score (nSPS) is 19.3. The highest BCUT2D eigenvalue weighted by Gasteiger charge is 2.35. The molecule has 1 atom stereocenters. The molecule has 20 heavy (non-hydrogen) atoms. The van der Waals surface area contributed by atoms with Crippen LogP contribution >= 0.6 is 0 Å². The van der Waals surface area contributed by atoms with Crippen LogP contribution in [-0.2, 0) is 11.0 Å². The second-order valence-electron chi connectivity index (χ2n) is 4.59. The lowest BCUT2D eigenvalue weighted by Crippen LogP contribution is -2.25. The largest absolute Gasteiger partial charge is 0.495 e. The zero-order valence-corrected chi connectivity index (χ0v) is 10.9. The van der Waals surface area contributed by atoms with Crippen LogP contribution in [0.3, 0.4) is 0 Å². The van der Waals surface area contributed by atoms with Crippen LogP contribution in [0, 0.1) is 5.92 Å². The summed E-state index contributed by atoms with van der Waals surface area (Å²) in [5.41, 5.74) is -0.653. The van der Waals surface area contributed by atoms with Crippen molar-refractivity contribution in [2.24, 2.45) is 5.92 Å². The number of methoxy groups -OCH3 is 1. The molecular formula is C14H14F3NO2. The molecule has 1 unspecified atom stereocenters. The number of anilines is 1. The van der Waals surface area contributed by atoms with E-state index in [-0.39, 0.29) is 29.7 Å². The molecule has 1 fully saturated rings. The number of hydrogen-bond donors (Lipinski definition) is 0. The molecule has 0 spiro atoms. The monoisotopic (exact) mass is 285 g/mol. The number of benzene rings is 1. The fourth-order valence-electron chi connectivity index (χ4n) is 2.20. The van der Waals surface area contributed by atoms with Gasteiger partial charge in [-0.2, -0.15) is 13.2 Å². The van der Waals surface area contributed by atoms with Crippen LogP contribution in [0.4, 0.5) is 18.9 Å². The molecular weight excluding hydrogens is 271 g/mol. The molecule has 1 saturated heterocycles. The Hall–Kier alpha value is -1.98. The highest BCUT2D eigenvalue weighted by molar-refractivity contribution is 5.97. The molecule has 0 aliphatic carbocycles. The van der Waals surface area contributed by atoms with Gasteiger partial charge in [0, 0.05) is 18.9 Å². The van der Waals surface area contributed by atoms with Gasteiger partial charge in [-0.15, -0.1) is 6.58 Å². The Morgan fingerprint density at radius 1 is 1.45 bits per heavy atom. The SMILES string of the molecule is C=CC1CC(=O)N(c2cc(C(F)(F)F)ccc2OC)C1. The molecule has 6 heteroatoms. The van der Waals surface area contributed by atoms with Crippen LogP contribution in [-0.4, -0.2) is 19.6 Å². The summed E-state index contributed by atoms with van der Waals surface area (Å²) < 4.78 is 43.4. The van der Waals surface area contributed by atoms with Crippen LogP contribution in [0.5, 0.6) is 5.75 Å². The summed E-state index contributed by atoms with van der Waals surface area (Å²) in [6, 6.07) is 3.11. The fraction of sp³-hybridized carbons (Fsp3) is 0.357. The molecule has 1 heterocycles. The number of hydrogen-bond acceptors (Lipinski definition) is 2. The summed E-state index contributed by atoms with van der Waals surface area (Å²) in [5, 5.41) is 0. The minimum atomic E-state index is -4.46. The number of alkyl halides is 3. The Bertz CT molecular complexity index is 540. The Morgan fingerprint density at radius 3 is 2.65 bits per heavy atom. The van der Waals surface area contributed by atoms with Gasteiger partial charge >= 0.3 is 6.18 Å². The first-order valence-electron chi connectivity index (χ1n) is 6.05. The van der Waals surface area contributed by atoms with Gasteiger partial charge in [-0.3, -0.25) is 4.79 Å². The van der Waals surface area contributed by atoms with Gasteiger partial charge in [0.2, 0.25) is 5.91 Å². The highest BCUT2D eigenvalue weighted by atomic mass is 19.4. The molecule has 1 amide bonds. The van der Waals surface area contributed by atoms with Crippen LogP contribution in [0.1, 0.15) is 12.0 Å². The number of carbonyl (C=O) groups excluding carboxylic acids is 1. The maximum absolute atomic E-state index is 12.8. The van der Waals surface area contributed by atoms with Gasteiger partial charge in [-0.1, -0.05) is 6.08 Å². The van der Waals surface area contributed by atoms with Gasteiger partial charge in [0.1, 0.15) is 5.75 Å². The summed E-state index contributed by atoms with van der Waals surface area (Å²) in [6.07, 6.45) is -2.57. The molecule has 0 N–H and O–H groups in total. The number of amides is 1. The molecule has 1 aliphatic rings. The summed E-state index contributed by atoms with van der Waals surface area (Å²) in [7, 11) is 1.36. The van der Waals surface area contributed by atoms with E-state index in [1.165, 1.54) is 18.1 Å². The molecule has 0 radical (unpaired) electrons. The van der Waals surface area contributed by atoms with Crippen molar-refractivity contribution in [3.8, 4) is 5.75 Å². The van der Waals surface area contributed by atoms with Gasteiger partial charge in [0.05, 0.1) is 18.4 Å². The van der Waals surface area contributed by atoms with Gasteiger partial charge in [0.25, 0.3) is 0 Å². The van der Waals surface area contributed by atoms with Crippen LogP contribution in [0.2, 0.25) is 0 Å². The third-order valence-electron chi connectivity index (χ3n) is 3.29. The first kappa shape index (κ1) is 14.4. The number of nitrogens with zero attached hydrogens (tertiary/aromatic N) is 1. The third kappa shape index (κ3) is 2.64. The molecule has 108 valence electrons. The molecule has 0 saturated carbocycles. The lowest BCUT2D eigenvalue weighted by Gasteiger charge is -2.21. The van der Waals surface area contributed by atoms with Crippen molar-refractivity contribution in [1.29, 1.82) is 0 Å². The van der Waals surface area contributed by atoms with E-state index >= 15 is 0 Å². The smallest absolute Gasteiger partial charge is 0.416 e. The van der Waals surface area contributed by atoms with Crippen LogP contribution in [0.25, 0.3) is 0 Å². The van der Waals surface area contributed by atoms with Crippen molar-refractivity contribution in [1.82, 2.24) is 0 Å². The van der Waals surface area contributed by atoms with E-state index in [1.54, 1.807) is 6.08 Å². The Labute approximate surface area is 114 Å². The maximum Gasteiger partial charge on any atom is 0.416 e. The first-order valence-corrected chi connectivity index (χ1v) is 6.05. The first-order chi connectivity index (χ1) is 9.36. The van der Waals surface area contributed by atoms with Gasteiger partial charge in [0.15, 0.2) is 0 Å². The lowest BCUT2D eigenvalue weighted by atomic mass is 10.1. The van der Waals surface area contributed by atoms with E-state index in [0.29, 0.717) is 6.54 Å². The Balaban J connectivity index is 2.44. The average molecular weight is 285 g/mol. The highest BCUT2D eigenvalue weighted by Crippen LogP contribution is 2.38. The van der Waals surface area contributed by atoms with E-state index in [4.69, 9.17) is 4.74 Å². The van der Waals surface area contributed by atoms with Gasteiger partial charge in [-0.05, 0) is 18.2 Å². The lowest BCUT2D eigenvalue weighted by molar-refractivity contribution is -0.137. The van der Waals surface area contributed by atoms with Crippen molar-refractivity contribution in [2.75, 3.05) is 18.6 Å². The minimum Gasteiger partial charge on any atom is -0.495 e. The third-order valence-corrected chi connectivity index (χ3v) is 3.29. The minimum absolute atomic E-state index is 0.0539. The average Bonchev–Trinajstić information content (AvgIpc) is 2.78. The summed E-state index contributed by atoms with van der Waals surface area (Å²) in [5.74, 6) is -0.0367. The second-order valence-corrected chi connectivity index (χ2v) is 4.59. The van der Waals surface area contributed by atoms with Gasteiger partial charge in [-0.25, -0.2) is 0 Å². The Morgan fingerprint density at radius 2 is 2.15 bits per heavy atom. The fourth-order valence-corrected chi connectivity index (χ4v) is 2.20. The zero-order valence-electron chi connectivity index (χ0n) is 10.9. The van der Waals surface area contributed by atoms with Crippen molar-refractivity contribution in [3.63, 3.8) is 0 Å². The maximum atomic E-state index is 12.8. The van der Waals surface area contributed by atoms with Crippen LogP contribution < -0.4 is 9.64 Å². The van der Waals surface area contributed by atoms with Gasteiger partial charge < -0.3 is 9.64 Å². The summed E-state index contributed by atoms with van der Waals surface area (Å²) in [4.78, 5) is 13.2. The predicted molar refractivity (Wildman–Crippen MR) is 68.7 cm³/mol. The summed E-state index contributed by atoms with van der Waals surface area (Å²) in [6.45, 7) is 3.93. The Kier molecular flexibility index (Phi) is 3.74. The summed E-state index contributed by atoms with van der Waals surface area (Å²) >= 11 is 0. The van der Waals surface area contributed by atoms with E-state index < -0.39 is 11.7 Å². The second kappa shape index (κ2) is 5.19. The van der Waals surface area contributed by atoms with Crippen molar-refractivity contribution < 1.29 is 22.7 Å². The van der Waals surface area contributed by atoms with Crippen molar-refractivity contribution >= 4 is 11.6 Å². The predicted octanol–water partition coefficient (Wildman–Crippen LogP) is 3.25. The molecule has 1 aliphatic heterocycles. The number of ether oxygens (including phenoxy) is 1. The molecule has 0 bridgehead atoms. The molecule has 1 aromatic carbocycles. The number of carbonyl (C=O) groups is 1. The van der Waals surface area contributed by atoms with E-state index in [1.807, 2.05) is 0 Å². The van der Waals surface area contributed by atoms with E-state index in [0.717, 1.165) is 12.1 Å². The number of rotatable bonds is 3. The molecule has 3 nitrogen and oxygen atoms in total. The molecule has 0 aromatic heterocycles. The number of halogens is 3. The van der Waals surface area contributed by atoms with Crippen molar-refractivity contribution in [3.05, 3.63) is 36.4 Å². The standard InChI is InChI=1S/C14H14F3NO2/c1-3-9-6-13(19)18(8-9)11-7-10(14(15,16)17)4-5-12(11)20-2/h3-5,7,9H,1,6,8H2,2H3. The quantitative estimate of drug-likeness (QED) is 0.798. The topological polar surface area (TPSA) is 29.5 Å². The van der Waals surface area contributed by atoms with E-state index in [2.05, 4.69) is 6.58 Å². The van der Waals surface area contributed by atoms with E-state index in [9.17, 15) is 18.0 Å². The zero-order chi connectivity index (χ0) is 14.9. The van der Waals surface area contributed by atoms with Crippen molar-refractivity contribution in [2.45, 2.75) is 12.6 Å². The molecule has 2 rings (SSSR count).